The van der Waals surface area contributed by atoms with Crippen molar-refractivity contribution >= 4 is 17.5 Å². The number of halogens is 2. The van der Waals surface area contributed by atoms with Crippen molar-refractivity contribution in [3.8, 4) is 17.2 Å². The number of hydrogen-bond acceptors (Lipinski definition) is 4. The van der Waals surface area contributed by atoms with Crippen LogP contribution >= 0.6 is 11.6 Å². The molecule has 28 heavy (non-hydrogen) atoms. The van der Waals surface area contributed by atoms with Gasteiger partial charge in [0.05, 0.1) is 39.0 Å². The van der Waals surface area contributed by atoms with Gasteiger partial charge in [-0.1, -0.05) is 17.7 Å². The minimum Gasteiger partial charge on any atom is -0.493 e. The van der Waals surface area contributed by atoms with Crippen LogP contribution in [0, 0.1) is 5.82 Å². The van der Waals surface area contributed by atoms with Crippen LogP contribution in [-0.2, 0) is 17.9 Å². The van der Waals surface area contributed by atoms with Gasteiger partial charge in [0.1, 0.15) is 12.4 Å². The summed E-state index contributed by atoms with van der Waals surface area (Å²) in [6.07, 6.45) is 0. The standard InChI is InChI=1S/C20H24ClFN2O4/c1-24(11-14-15(21)6-5-7-16(14)22)12-19(25)23-10-13-8-17(26-2)20(28-4)18(9-13)27-3/h5-9H,10-12H2,1-4H3,(H,23,25)/p+1. The molecule has 2 rings (SSSR count). The SMILES string of the molecule is COc1cc(CNC(=O)C[NH+](C)Cc2c(F)cccc2Cl)cc(OC)c1OC. The van der Waals surface area contributed by atoms with Crippen LogP contribution in [-0.4, -0.2) is 40.8 Å². The molecule has 0 bridgehead atoms. The third-order valence-electron chi connectivity index (χ3n) is 4.22. The van der Waals surface area contributed by atoms with Crippen molar-refractivity contribution in [1.29, 1.82) is 0 Å². The van der Waals surface area contributed by atoms with Crippen molar-refractivity contribution in [2.45, 2.75) is 13.1 Å². The highest BCUT2D eigenvalue weighted by molar-refractivity contribution is 6.31. The van der Waals surface area contributed by atoms with Gasteiger partial charge in [-0.25, -0.2) is 4.39 Å². The van der Waals surface area contributed by atoms with Crippen LogP contribution in [0.15, 0.2) is 30.3 Å². The molecule has 1 amide bonds. The molecular formula is C20H25ClFN2O4+. The van der Waals surface area contributed by atoms with E-state index in [9.17, 15) is 9.18 Å². The van der Waals surface area contributed by atoms with Crippen molar-refractivity contribution in [3.05, 3.63) is 52.3 Å². The van der Waals surface area contributed by atoms with Crippen LogP contribution < -0.4 is 24.4 Å². The lowest BCUT2D eigenvalue weighted by molar-refractivity contribution is -0.885. The molecule has 2 aromatic rings. The van der Waals surface area contributed by atoms with Crippen molar-refractivity contribution in [3.63, 3.8) is 0 Å². The van der Waals surface area contributed by atoms with E-state index in [1.807, 2.05) is 7.05 Å². The Kier molecular flexibility index (Phi) is 7.90. The first-order valence-electron chi connectivity index (χ1n) is 8.69. The van der Waals surface area contributed by atoms with Crippen LogP contribution in [0.1, 0.15) is 11.1 Å². The van der Waals surface area contributed by atoms with Gasteiger partial charge in [0.25, 0.3) is 5.91 Å². The highest BCUT2D eigenvalue weighted by Gasteiger charge is 2.17. The van der Waals surface area contributed by atoms with Gasteiger partial charge in [-0.2, -0.15) is 0 Å². The molecule has 8 heteroatoms. The van der Waals surface area contributed by atoms with E-state index in [4.69, 9.17) is 25.8 Å². The second kappa shape index (κ2) is 10.1. The number of rotatable bonds is 9. The molecule has 0 aromatic heterocycles. The van der Waals surface area contributed by atoms with Crippen LogP contribution in [0.2, 0.25) is 5.02 Å². The maximum Gasteiger partial charge on any atom is 0.275 e. The first kappa shape index (κ1) is 21.8. The Labute approximate surface area is 169 Å². The van der Waals surface area contributed by atoms with Gasteiger partial charge in [-0.05, 0) is 29.8 Å². The highest BCUT2D eigenvalue weighted by atomic mass is 35.5. The largest absolute Gasteiger partial charge is 0.493 e. The number of likely N-dealkylation sites (N-methyl/N-ethyl adjacent to an activating group) is 1. The topological polar surface area (TPSA) is 61.2 Å². The summed E-state index contributed by atoms with van der Waals surface area (Å²) < 4.78 is 29.8. The fraction of sp³-hybridized carbons (Fsp3) is 0.350. The van der Waals surface area contributed by atoms with Crippen molar-refractivity contribution in [2.24, 2.45) is 0 Å². The third-order valence-corrected chi connectivity index (χ3v) is 4.57. The zero-order valence-electron chi connectivity index (χ0n) is 16.4. The van der Waals surface area contributed by atoms with Crippen molar-refractivity contribution in [2.75, 3.05) is 34.9 Å². The van der Waals surface area contributed by atoms with Gasteiger partial charge in [0.2, 0.25) is 5.75 Å². The van der Waals surface area contributed by atoms with Gasteiger partial charge < -0.3 is 24.4 Å². The first-order chi connectivity index (χ1) is 13.4. The molecule has 0 aliphatic carbocycles. The van der Waals surface area contributed by atoms with E-state index in [-0.39, 0.29) is 18.3 Å². The zero-order valence-corrected chi connectivity index (χ0v) is 17.2. The van der Waals surface area contributed by atoms with Gasteiger partial charge in [-0.15, -0.1) is 0 Å². The van der Waals surface area contributed by atoms with Crippen LogP contribution in [0.5, 0.6) is 17.2 Å². The number of amides is 1. The van der Waals surface area contributed by atoms with Crippen molar-refractivity contribution in [1.82, 2.24) is 5.32 Å². The summed E-state index contributed by atoms with van der Waals surface area (Å²) in [6.45, 7) is 0.779. The van der Waals surface area contributed by atoms with Crippen molar-refractivity contribution < 1.29 is 28.3 Å². The average Bonchev–Trinajstić information content (AvgIpc) is 2.68. The van der Waals surface area contributed by atoms with E-state index in [1.165, 1.54) is 27.4 Å². The van der Waals surface area contributed by atoms with E-state index in [2.05, 4.69) is 5.32 Å². The number of carbonyl (C=O) groups excluding carboxylic acids is 1. The first-order valence-corrected chi connectivity index (χ1v) is 9.07. The number of carbonyl (C=O) groups is 1. The number of quaternary nitrogens is 1. The average molecular weight is 412 g/mol. The molecule has 0 radical (unpaired) electrons. The van der Waals surface area contributed by atoms with E-state index in [0.717, 1.165) is 10.5 Å². The third kappa shape index (κ3) is 5.50. The van der Waals surface area contributed by atoms with E-state index in [1.54, 1.807) is 24.3 Å². The molecule has 1 atom stereocenters. The van der Waals surface area contributed by atoms with Gasteiger partial charge in [0, 0.05) is 6.54 Å². The van der Waals surface area contributed by atoms with E-state index < -0.39 is 0 Å². The minimum atomic E-state index is -0.371. The molecule has 0 saturated heterocycles. The fourth-order valence-electron chi connectivity index (χ4n) is 2.84. The molecule has 1 unspecified atom stereocenters. The molecule has 2 aromatic carbocycles. The lowest BCUT2D eigenvalue weighted by Crippen LogP contribution is -3.09. The van der Waals surface area contributed by atoms with Gasteiger partial charge in [0.15, 0.2) is 18.0 Å². The number of methoxy groups -OCH3 is 3. The Bertz CT molecular complexity index is 787. The summed E-state index contributed by atoms with van der Waals surface area (Å²) in [5, 5.41) is 3.21. The summed E-state index contributed by atoms with van der Waals surface area (Å²) in [5.41, 5.74) is 1.21. The Morgan fingerprint density at radius 1 is 1.14 bits per heavy atom. The molecule has 0 fully saturated rings. The Balaban J connectivity index is 1.97. The van der Waals surface area contributed by atoms with Gasteiger partial charge >= 0.3 is 0 Å². The number of hydrogen-bond donors (Lipinski definition) is 2. The predicted molar refractivity (Wildman–Crippen MR) is 105 cm³/mol. The quantitative estimate of drug-likeness (QED) is 0.661. The number of nitrogens with one attached hydrogen (secondary N) is 2. The summed E-state index contributed by atoms with van der Waals surface area (Å²) >= 11 is 6.05. The second-order valence-electron chi connectivity index (χ2n) is 6.32. The van der Waals surface area contributed by atoms with Crippen LogP contribution in [0.3, 0.4) is 0 Å². The summed E-state index contributed by atoms with van der Waals surface area (Å²) in [4.78, 5) is 13.1. The Morgan fingerprint density at radius 2 is 1.79 bits per heavy atom. The monoisotopic (exact) mass is 411 g/mol. The maximum absolute atomic E-state index is 13.9. The normalized spacial score (nSPS) is 11.6. The van der Waals surface area contributed by atoms with Crippen LogP contribution in [0.25, 0.3) is 0 Å². The fourth-order valence-corrected chi connectivity index (χ4v) is 3.07. The summed E-state index contributed by atoms with van der Waals surface area (Å²) in [6, 6.07) is 8.10. The zero-order chi connectivity index (χ0) is 20.7. The maximum atomic E-state index is 13.9. The molecule has 0 aliphatic rings. The number of benzene rings is 2. The summed E-state index contributed by atoms with van der Waals surface area (Å²) in [5.74, 6) is 0.987. The predicted octanol–water partition coefficient (Wildman–Crippen LogP) is 1.84. The molecule has 0 saturated carbocycles. The molecule has 6 nitrogen and oxygen atoms in total. The highest BCUT2D eigenvalue weighted by Crippen LogP contribution is 2.38. The molecular weight excluding hydrogens is 387 g/mol. The van der Waals surface area contributed by atoms with Gasteiger partial charge in [-0.3, -0.25) is 4.79 Å². The second-order valence-corrected chi connectivity index (χ2v) is 6.73. The lowest BCUT2D eigenvalue weighted by atomic mass is 10.1. The van der Waals surface area contributed by atoms with Crippen LogP contribution in [0.4, 0.5) is 4.39 Å². The number of ether oxygens (including phenoxy) is 3. The summed E-state index contributed by atoms with van der Waals surface area (Å²) in [7, 11) is 6.40. The molecule has 0 spiro atoms. The van der Waals surface area contributed by atoms with E-state index in [0.29, 0.717) is 40.9 Å². The molecule has 2 N–H and O–H groups in total. The molecule has 0 aliphatic heterocycles. The molecule has 152 valence electrons. The van der Waals surface area contributed by atoms with E-state index >= 15 is 0 Å². The minimum absolute atomic E-state index is 0.168. The lowest BCUT2D eigenvalue weighted by Gasteiger charge is -2.16. The smallest absolute Gasteiger partial charge is 0.275 e. The Hall–Kier alpha value is -2.51. The molecule has 0 heterocycles. The Morgan fingerprint density at radius 3 is 2.32 bits per heavy atom.